The van der Waals surface area contributed by atoms with Crippen LogP contribution in [0.5, 0.6) is 0 Å². The van der Waals surface area contributed by atoms with Crippen molar-refractivity contribution in [2.75, 3.05) is 0 Å². The van der Waals surface area contributed by atoms with Crippen molar-refractivity contribution in [2.45, 2.75) is 6.92 Å². The second-order valence-corrected chi connectivity index (χ2v) is 0.708. The zero-order valence-electron chi connectivity index (χ0n) is 6.25. The van der Waals surface area contributed by atoms with E-state index in [0.717, 1.165) is 0 Å². The summed E-state index contributed by atoms with van der Waals surface area (Å²) in [6.45, 7) is 1.19. The van der Waals surface area contributed by atoms with Crippen LogP contribution in [0.3, 0.4) is 0 Å². The minimum atomic E-state index is -0.502. The third kappa shape index (κ3) is 25.6. The van der Waals surface area contributed by atoms with Gasteiger partial charge in [-0.2, -0.15) is 0 Å². The molecule has 0 bridgehead atoms. The van der Waals surface area contributed by atoms with Gasteiger partial charge in [-0.25, -0.2) is 0 Å². The fraction of sp³-hybridized carbons (Fsp3) is 0.500. The molecule has 3 radical (unpaired) electrons. The van der Waals surface area contributed by atoms with E-state index in [2.05, 4.69) is 10.0 Å². The van der Waals surface area contributed by atoms with Crippen LogP contribution in [0, 0.1) is 0 Å². The Kier molecular flexibility index (Phi) is 41.2. The maximum absolute atomic E-state index is 9.62. The SMILES string of the molecule is CC(=O)N=[N+]=[N-].[Na].[Na].[Na]. The first-order valence-corrected chi connectivity index (χ1v) is 1.33. The van der Waals surface area contributed by atoms with Crippen molar-refractivity contribution in [1.82, 2.24) is 0 Å². The molecule has 0 aliphatic heterocycles. The van der Waals surface area contributed by atoms with Gasteiger partial charge in [-0.1, -0.05) is 0 Å². The monoisotopic (exact) mass is 154 g/mol. The molecule has 7 heteroatoms. The molecule has 0 fully saturated rings. The van der Waals surface area contributed by atoms with E-state index in [1.54, 1.807) is 0 Å². The van der Waals surface area contributed by atoms with Crippen molar-refractivity contribution >= 4 is 94.6 Å². The van der Waals surface area contributed by atoms with Gasteiger partial charge in [-0.15, -0.1) is 0 Å². The molecule has 0 unspecified atom stereocenters. The third-order valence-corrected chi connectivity index (χ3v) is 0.186. The first-order valence-electron chi connectivity index (χ1n) is 1.33. The molecule has 0 rings (SSSR count). The number of rotatable bonds is 0. The zero-order chi connectivity index (χ0) is 4.99. The van der Waals surface area contributed by atoms with E-state index in [1.165, 1.54) is 6.92 Å². The van der Waals surface area contributed by atoms with Crippen molar-refractivity contribution in [3.63, 3.8) is 0 Å². The number of carbonyl (C=O) groups excluding carboxylic acids is 1. The smallest absolute Gasteiger partial charge is 0.215 e. The van der Waals surface area contributed by atoms with Gasteiger partial charge in [0.1, 0.15) is 0 Å². The molecule has 35 valence electrons. The Hall–Kier alpha value is 1.98. The summed E-state index contributed by atoms with van der Waals surface area (Å²) >= 11 is 0. The van der Waals surface area contributed by atoms with E-state index in [0.29, 0.717) is 0 Å². The van der Waals surface area contributed by atoms with Crippen molar-refractivity contribution in [3.8, 4) is 0 Å². The summed E-state index contributed by atoms with van der Waals surface area (Å²) < 4.78 is 0. The normalized spacial score (nSPS) is 4.11. The van der Waals surface area contributed by atoms with Gasteiger partial charge in [-0.3, -0.25) is 4.79 Å². The van der Waals surface area contributed by atoms with Crippen molar-refractivity contribution in [2.24, 2.45) is 5.11 Å². The number of carbonyl (C=O) groups is 1. The van der Waals surface area contributed by atoms with E-state index in [-0.39, 0.29) is 88.7 Å². The van der Waals surface area contributed by atoms with Crippen LogP contribution in [-0.2, 0) is 4.79 Å². The van der Waals surface area contributed by atoms with Crippen LogP contribution in [-0.4, -0.2) is 94.6 Å². The van der Waals surface area contributed by atoms with E-state index in [1.807, 2.05) is 0 Å². The summed E-state index contributed by atoms with van der Waals surface area (Å²) in [6.07, 6.45) is 0. The van der Waals surface area contributed by atoms with Gasteiger partial charge in [0.15, 0.2) is 0 Å². The number of nitrogens with zero attached hydrogens (tertiary/aromatic N) is 3. The van der Waals surface area contributed by atoms with Gasteiger partial charge < -0.3 is 0 Å². The summed E-state index contributed by atoms with van der Waals surface area (Å²) in [5.41, 5.74) is 7.47. The fourth-order valence-corrected chi connectivity index (χ4v) is 0.0630. The number of hydrogen-bond acceptors (Lipinski definition) is 1. The molecule has 0 aromatic carbocycles. The quantitative estimate of drug-likeness (QED) is 0.204. The van der Waals surface area contributed by atoms with Crippen LogP contribution >= 0.6 is 0 Å². The average Bonchev–Trinajstić information content (AvgIpc) is 1.35. The van der Waals surface area contributed by atoms with Gasteiger partial charge in [0, 0.05) is 101 Å². The minimum absolute atomic E-state index is 0. The van der Waals surface area contributed by atoms with Crippen molar-refractivity contribution in [3.05, 3.63) is 10.4 Å². The minimum Gasteiger partial charge on any atom is -0.293 e. The second-order valence-electron chi connectivity index (χ2n) is 0.708. The molecular formula is C2H3N3Na3O. The molecule has 4 nitrogen and oxygen atoms in total. The molecule has 0 aromatic rings. The van der Waals surface area contributed by atoms with Gasteiger partial charge in [0.05, 0.1) is 0 Å². The summed E-state index contributed by atoms with van der Waals surface area (Å²) in [5, 5.41) is 2.67. The predicted molar refractivity (Wildman–Crippen MR) is 37.1 cm³/mol. The first-order chi connectivity index (χ1) is 2.77. The largest absolute Gasteiger partial charge is 0.293 e. The molecule has 0 saturated carbocycles. The molecule has 0 saturated heterocycles. The summed E-state index contributed by atoms with van der Waals surface area (Å²) in [7, 11) is 0. The Morgan fingerprint density at radius 2 is 1.78 bits per heavy atom. The standard InChI is InChI=1S/C2H3N3O.3Na/c1-2(6)4-5-3;;;/h1H3;;;. The first kappa shape index (κ1) is 22.4. The maximum atomic E-state index is 9.62. The van der Waals surface area contributed by atoms with E-state index >= 15 is 0 Å². The molecule has 0 aromatic heterocycles. The van der Waals surface area contributed by atoms with Crippen LogP contribution in [0.15, 0.2) is 5.11 Å². The number of hydrogen-bond donors (Lipinski definition) is 0. The summed E-state index contributed by atoms with van der Waals surface area (Å²) in [5.74, 6) is -0.502. The Bertz CT molecular complexity index is 110. The molecule has 0 heterocycles. The Labute approximate surface area is 120 Å². The third-order valence-electron chi connectivity index (χ3n) is 0.186. The van der Waals surface area contributed by atoms with Gasteiger partial charge in [0.25, 0.3) is 0 Å². The molecule has 0 aliphatic rings. The molecular weight excluding hydrogens is 151 g/mol. The van der Waals surface area contributed by atoms with Crippen LogP contribution in [0.2, 0.25) is 0 Å². The number of amides is 1. The van der Waals surface area contributed by atoms with E-state index < -0.39 is 5.91 Å². The van der Waals surface area contributed by atoms with Gasteiger partial charge in [0.2, 0.25) is 5.91 Å². The van der Waals surface area contributed by atoms with E-state index in [9.17, 15) is 4.79 Å². The molecule has 0 atom stereocenters. The number of azide groups is 1. The molecule has 1 amide bonds. The molecule has 0 N–H and O–H groups in total. The van der Waals surface area contributed by atoms with Crippen molar-refractivity contribution < 1.29 is 4.79 Å². The Morgan fingerprint density at radius 1 is 1.44 bits per heavy atom. The molecule has 0 spiro atoms. The van der Waals surface area contributed by atoms with Crippen LogP contribution < -0.4 is 0 Å². The summed E-state index contributed by atoms with van der Waals surface area (Å²) in [6, 6.07) is 0. The van der Waals surface area contributed by atoms with Crippen LogP contribution in [0.1, 0.15) is 6.92 Å². The van der Waals surface area contributed by atoms with Crippen molar-refractivity contribution in [1.29, 1.82) is 0 Å². The Balaban J connectivity index is -0.0000000417. The predicted octanol–water partition coefficient (Wildman–Crippen LogP) is -0.299. The van der Waals surface area contributed by atoms with Gasteiger partial charge in [-0.05, 0) is 10.6 Å². The topological polar surface area (TPSA) is 65.8 Å². The zero-order valence-corrected chi connectivity index (χ0v) is 12.2. The average molecular weight is 154 g/mol. The second kappa shape index (κ2) is 16.5. The maximum Gasteiger partial charge on any atom is 0.215 e. The van der Waals surface area contributed by atoms with Crippen LogP contribution in [0.25, 0.3) is 10.4 Å². The van der Waals surface area contributed by atoms with Gasteiger partial charge >= 0.3 is 0 Å². The fourth-order valence-electron chi connectivity index (χ4n) is 0.0630. The van der Waals surface area contributed by atoms with E-state index in [4.69, 9.17) is 5.53 Å². The molecule has 0 aliphatic carbocycles. The van der Waals surface area contributed by atoms with Crippen LogP contribution in [0.4, 0.5) is 0 Å². The molecule has 9 heavy (non-hydrogen) atoms. The Morgan fingerprint density at radius 3 is 1.78 bits per heavy atom. The summed E-state index contributed by atoms with van der Waals surface area (Å²) in [4.78, 5) is 11.8.